The fourth-order valence-electron chi connectivity index (χ4n) is 3.38. The van der Waals surface area contributed by atoms with Crippen LogP contribution in [0, 0.1) is 0 Å². The summed E-state index contributed by atoms with van der Waals surface area (Å²) in [7, 11) is 0. The lowest BCUT2D eigenvalue weighted by Gasteiger charge is -2.09. The van der Waals surface area contributed by atoms with Crippen molar-refractivity contribution >= 4 is 45.2 Å². The summed E-state index contributed by atoms with van der Waals surface area (Å²) in [5.74, 6) is 0.409. The maximum Gasteiger partial charge on any atom is 0.416 e. The van der Waals surface area contributed by atoms with Crippen LogP contribution in [0.25, 0.3) is 33.1 Å². The van der Waals surface area contributed by atoms with Crippen molar-refractivity contribution < 1.29 is 13.2 Å². The zero-order chi connectivity index (χ0) is 20.2. The SMILES string of the molecule is O=c1c2ccc(C(F)(F)F)cc2nc2n1CC/C2=C/c1csc(-c2ccsc2)n1. The number of rotatable bonds is 2. The number of halogens is 3. The van der Waals surface area contributed by atoms with Crippen LogP contribution in [0.15, 0.2) is 45.2 Å². The van der Waals surface area contributed by atoms with Gasteiger partial charge in [0.1, 0.15) is 10.8 Å². The third kappa shape index (κ3) is 3.20. The fourth-order valence-corrected chi connectivity index (χ4v) is 4.87. The van der Waals surface area contributed by atoms with Gasteiger partial charge in [-0.25, -0.2) is 9.97 Å². The first-order valence-electron chi connectivity index (χ1n) is 8.71. The van der Waals surface area contributed by atoms with E-state index >= 15 is 0 Å². The van der Waals surface area contributed by atoms with E-state index in [2.05, 4.69) is 9.97 Å². The van der Waals surface area contributed by atoms with Gasteiger partial charge in [-0.3, -0.25) is 9.36 Å². The molecule has 0 saturated carbocycles. The normalized spacial score (nSPS) is 15.3. The minimum absolute atomic E-state index is 0.0566. The third-order valence-corrected chi connectivity index (χ3v) is 6.38. The minimum Gasteiger partial charge on any atom is -0.292 e. The molecular weight excluding hydrogens is 419 g/mol. The lowest BCUT2D eigenvalue weighted by atomic mass is 10.1. The number of alkyl halides is 3. The highest BCUT2D eigenvalue weighted by molar-refractivity contribution is 7.14. The molecule has 29 heavy (non-hydrogen) atoms. The molecule has 1 aliphatic rings. The number of hydrogen-bond donors (Lipinski definition) is 0. The van der Waals surface area contributed by atoms with Crippen LogP contribution in [-0.4, -0.2) is 14.5 Å². The van der Waals surface area contributed by atoms with Crippen LogP contribution in [0.3, 0.4) is 0 Å². The molecule has 0 spiro atoms. The molecule has 0 N–H and O–H groups in total. The molecule has 9 heteroatoms. The highest BCUT2D eigenvalue weighted by Crippen LogP contribution is 2.33. The van der Waals surface area contributed by atoms with E-state index in [-0.39, 0.29) is 16.5 Å². The van der Waals surface area contributed by atoms with Crippen LogP contribution in [-0.2, 0) is 12.7 Å². The second-order valence-electron chi connectivity index (χ2n) is 6.63. The highest BCUT2D eigenvalue weighted by Gasteiger charge is 2.31. The molecule has 0 fully saturated rings. The van der Waals surface area contributed by atoms with Gasteiger partial charge in [0.15, 0.2) is 0 Å². The summed E-state index contributed by atoms with van der Waals surface area (Å²) in [6, 6.07) is 5.06. The molecule has 0 saturated heterocycles. The minimum atomic E-state index is -4.48. The lowest BCUT2D eigenvalue weighted by Crippen LogP contribution is -2.21. The molecule has 146 valence electrons. The highest BCUT2D eigenvalue weighted by atomic mass is 32.1. The Balaban J connectivity index is 1.59. The van der Waals surface area contributed by atoms with Crippen LogP contribution in [0.2, 0.25) is 0 Å². The van der Waals surface area contributed by atoms with Crippen molar-refractivity contribution in [3.63, 3.8) is 0 Å². The molecule has 0 bridgehead atoms. The Labute approximate surface area is 170 Å². The molecule has 0 amide bonds. The van der Waals surface area contributed by atoms with E-state index in [1.54, 1.807) is 11.3 Å². The smallest absolute Gasteiger partial charge is 0.292 e. The van der Waals surface area contributed by atoms with Crippen LogP contribution < -0.4 is 5.56 Å². The van der Waals surface area contributed by atoms with Gasteiger partial charge in [-0.05, 0) is 47.7 Å². The van der Waals surface area contributed by atoms with Crippen molar-refractivity contribution in [2.24, 2.45) is 0 Å². The molecule has 1 aromatic carbocycles. The molecule has 5 rings (SSSR count). The van der Waals surface area contributed by atoms with Crippen molar-refractivity contribution in [1.29, 1.82) is 0 Å². The quantitative estimate of drug-likeness (QED) is 0.418. The average Bonchev–Trinajstić information content (AvgIpc) is 3.42. The molecule has 0 unspecified atom stereocenters. The Bertz CT molecular complexity index is 1320. The summed E-state index contributed by atoms with van der Waals surface area (Å²) in [5, 5.41) is 7.01. The second kappa shape index (κ2) is 6.64. The molecule has 3 aromatic heterocycles. The predicted octanol–water partition coefficient (Wildman–Crippen LogP) is 5.54. The fraction of sp³-hybridized carbons (Fsp3) is 0.150. The number of benzene rings is 1. The lowest BCUT2D eigenvalue weighted by molar-refractivity contribution is -0.137. The number of aromatic nitrogens is 3. The van der Waals surface area contributed by atoms with Crippen LogP contribution in [0.4, 0.5) is 13.2 Å². The first kappa shape index (κ1) is 18.3. The molecule has 1 aliphatic heterocycles. The Kier molecular flexibility index (Phi) is 4.18. The summed E-state index contributed by atoms with van der Waals surface area (Å²) in [5.41, 5.74) is 1.52. The molecule has 4 heterocycles. The number of thiophene rings is 1. The maximum atomic E-state index is 13.0. The van der Waals surface area contributed by atoms with E-state index in [1.165, 1.54) is 22.0 Å². The number of allylic oxidation sites excluding steroid dienone is 1. The van der Waals surface area contributed by atoms with Crippen molar-refractivity contribution in [2.45, 2.75) is 19.1 Å². The number of hydrogen-bond acceptors (Lipinski definition) is 5. The Morgan fingerprint density at radius 1 is 1.14 bits per heavy atom. The zero-order valence-electron chi connectivity index (χ0n) is 14.7. The predicted molar refractivity (Wildman–Crippen MR) is 109 cm³/mol. The van der Waals surface area contributed by atoms with Crippen LogP contribution in [0.1, 0.15) is 23.5 Å². The Hall–Kier alpha value is -2.78. The van der Waals surface area contributed by atoms with Crippen molar-refractivity contribution in [2.75, 3.05) is 0 Å². The van der Waals surface area contributed by atoms with E-state index < -0.39 is 11.7 Å². The summed E-state index contributed by atoms with van der Waals surface area (Å²) in [4.78, 5) is 21.7. The van der Waals surface area contributed by atoms with E-state index in [0.29, 0.717) is 18.8 Å². The molecule has 4 aromatic rings. The number of thiazole rings is 1. The summed E-state index contributed by atoms with van der Waals surface area (Å²) < 4.78 is 40.7. The van der Waals surface area contributed by atoms with Crippen molar-refractivity contribution in [3.05, 3.63) is 67.8 Å². The van der Waals surface area contributed by atoms with E-state index in [9.17, 15) is 18.0 Å². The first-order chi connectivity index (χ1) is 13.9. The summed E-state index contributed by atoms with van der Waals surface area (Å²) >= 11 is 3.12. The van der Waals surface area contributed by atoms with Gasteiger partial charge in [0.2, 0.25) is 0 Å². The van der Waals surface area contributed by atoms with Gasteiger partial charge in [0.05, 0.1) is 22.2 Å². The summed E-state index contributed by atoms with van der Waals surface area (Å²) in [6.45, 7) is 0.450. The third-order valence-electron chi connectivity index (χ3n) is 4.79. The van der Waals surface area contributed by atoms with Crippen molar-refractivity contribution in [1.82, 2.24) is 14.5 Å². The van der Waals surface area contributed by atoms with Gasteiger partial charge < -0.3 is 0 Å². The van der Waals surface area contributed by atoms with Crippen molar-refractivity contribution in [3.8, 4) is 10.6 Å². The molecular formula is C20H12F3N3OS2. The average molecular weight is 431 g/mol. The van der Waals surface area contributed by atoms with Gasteiger partial charge in [0, 0.05) is 22.9 Å². The molecule has 0 aliphatic carbocycles. The van der Waals surface area contributed by atoms with E-state index in [0.717, 1.165) is 34.0 Å². The second-order valence-corrected chi connectivity index (χ2v) is 8.27. The van der Waals surface area contributed by atoms with Gasteiger partial charge in [-0.1, -0.05) is 0 Å². The van der Waals surface area contributed by atoms with Gasteiger partial charge in [-0.2, -0.15) is 24.5 Å². The molecule has 0 atom stereocenters. The first-order valence-corrected chi connectivity index (χ1v) is 10.5. The van der Waals surface area contributed by atoms with E-state index in [4.69, 9.17) is 0 Å². The largest absolute Gasteiger partial charge is 0.416 e. The molecule has 0 radical (unpaired) electrons. The number of nitrogens with zero attached hydrogens (tertiary/aromatic N) is 3. The Morgan fingerprint density at radius 2 is 2.00 bits per heavy atom. The topological polar surface area (TPSA) is 47.8 Å². The van der Waals surface area contributed by atoms with Crippen LogP contribution >= 0.6 is 22.7 Å². The number of fused-ring (bicyclic) bond motifs is 2. The van der Waals surface area contributed by atoms with E-state index in [1.807, 2.05) is 28.3 Å². The van der Waals surface area contributed by atoms with Gasteiger partial charge in [-0.15, -0.1) is 11.3 Å². The standard InChI is InChI=1S/C20H12F3N3OS2/c21-20(22,23)13-1-2-15-16(8-13)25-17-11(3-5-26(17)19(15)27)7-14-10-29-18(24-14)12-4-6-28-9-12/h1-2,4,6-10H,3,5H2/b11-7-. The summed E-state index contributed by atoms with van der Waals surface area (Å²) in [6.07, 6.45) is -2.05. The van der Waals surface area contributed by atoms with Gasteiger partial charge in [0.25, 0.3) is 5.56 Å². The zero-order valence-corrected chi connectivity index (χ0v) is 16.4. The monoisotopic (exact) mass is 431 g/mol. The molecule has 4 nitrogen and oxygen atoms in total. The maximum absolute atomic E-state index is 13.0. The Morgan fingerprint density at radius 3 is 2.76 bits per heavy atom. The van der Waals surface area contributed by atoms with Crippen LogP contribution in [0.5, 0.6) is 0 Å². The van der Waals surface area contributed by atoms with Gasteiger partial charge >= 0.3 is 6.18 Å².